The summed E-state index contributed by atoms with van der Waals surface area (Å²) in [6, 6.07) is 8.70. The Bertz CT molecular complexity index is 1370. The Morgan fingerprint density at radius 3 is 2.74 bits per heavy atom. The number of methoxy groups -OCH3 is 1. The Morgan fingerprint density at radius 1 is 1.24 bits per heavy atom. The molecule has 9 heteroatoms. The zero-order valence-corrected chi connectivity index (χ0v) is 21.0. The third-order valence-electron chi connectivity index (χ3n) is 5.42. The van der Waals surface area contributed by atoms with Crippen molar-refractivity contribution in [2.45, 2.75) is 43.5 Å². The van der Waals surface area contributed by atoms with E-state index in [0.717, 1.165) is 39.5 Å². The third kappa shape index (κ3) is 4.40. The molecule has 0 aliphatic heterocycles. The topological polar surface area (TPSA) is 58.3 Å². The second kappa shape index (κ2) is 10.1. The van der Waals surface area contributed by atoms with Gasteiger partial charge in [0.2, 0.25) is 0 Å². The molecule has 0 spiro atoms. The van der Waals surface area contributed by atoms with Crippen molar-refractivity contribution in [2.24, 2.45) is 0 Å². The number of hydrogen-bond donors (Lipinski definition) is 0. The summed E-state index contributed by atoms with van der Waals surface area (Å²) in [7, 11) is 1.51. The van der Waals surface area contributed by atoms with Crippen molar-refractivity contribution in [3.8, 4) is 11.4 Å². The van der Waals surface area contributed by atoms with Crippen LogP contribution in [0.1, 0.15) is 36.3 Å². The average Bonchev–Trinajstić information content (AvgIpc) is 3.39. The van der Waals surface area contributed by atoms with Gasteiger partial charge < -0.3 is 14.0 Å². The van der Waals surface area contributed by atoms with Crippen LogP contribution in [0, 0.1) is 12.7 Å². The molecule has 34 heavy (non-hydrogen) atoms. The van der Waals surface area contributed by atoms with Crippen molar-refractivity contribution in [1.82, 2.24) is 14.3 Å². The zero-order valence-electron chi connectivity index (χ0n) is 19.4. The molecule has 0 saturated carbocycles. The number of carbonyl (C=O) groups excluding carboxylic acids is 1. The van der Waals surface area contributed by atoms with Crippen molar-refractivity contribution >= 4 is 40.2 Å². The van der Waals surface area contributed by atoms with Gasteiger partial charge in [0.15, 0.2) is 5.82 Å². The predicted octanol–water partition coefficient (Wildman–Crippen LogP) is 6.67. The van der Waals surface area contributed by atoms with Gasteiger partial charge in [-0.3, -0.25) is 4.68 Å². The number of esters is 1. The summed E-state index contributed by atoms with van der Waals surface area (Å²) >= 11 is 7.60. The SMILES string of the molecule is CCCn1cc(-n2c(C)c(Sc3ccc(OC)c(C(=O)OCC)c3)c3ccc(Cl)c(F)c32)cn1. The number of aromatic nitrogens is 3. The molecule has 2 aromatic heterocycles. The maximum Gasteiger partial charge on any atom is 0.341 e. The first-order chi connectivity index (χ1) is 16.4. The zero-order chi connectivity index (χ0) is 24.4. The number of fused-ring (bicyclic) bond motifs is 1. The maximum absolute atomic E-state index is 15.3. The number of rotatable bonds is 8. The fourth-order valence-corrected chi connectivity index (χ4v) is 5.13. The lowest BCUT2D eigenvalue weighted by atomic mass is 10.2. The van der Waals surface area contributed by atoms with Crippen LogP contribution in [0.3, 0.4) is 0 Å². The number of nitrogens with zero attached hydrogens (tertiary/aromatic N) is 3. The lowest BCUT2D eigenvalue weighted by Gasteiger charge is -2.10. The van der Waals surface area contributed by atoms with Gasteiger partial charge in [0, 0.05) is 33.6 Å². The molecule has 0 unspecified atom stereocenters. The average molecular weight is 502 g/mol. The first-order valence-corrected chi connectivity index (χ1v) is 12.1. The van der Waals surface area contributed by atoms with Crippen LogP contribution in [0.4, 0.5) is 4.39 Å². The quantitative estimate of drug-likeness (QED) is 0.252. The van der Waals surface area contributed by atoms with Crippen molar-refractivity contribution in [2.75, 3.05) is 13.7 Å². The molecule has 0 radical (unpaired) electrons. The van der Waals surface area contributed by atoms with Crippen LogP contribution in [0.15, 0.2) is 52.5 Å². The molecule has 6 nitrogen and oxygen atoms in total. The molecule has 0 fully saturated rings. The summed E-state index contributed by atoms with van der Waals surface area (Å²) in [4.78, 5) is 14.1. The van der Waals surface area contributed by atoms with E-state index in [-0.39, 0.29) is 11.6 Å². The van der Waals surface area contributed by atoms with Gasteiger partial charge in [-0.05, 0) is 50.6 Å². The molecule has 0 aliphatic rings. The molecular formula is C25H25ClFN3O3S. The lowest BCUT2D eigenvalue weighted by Crippen LogP contribution is -2.06. The highest BCUT2D eigenvalue weighted by atomic mass is 35.5. The summed E-state index contributed by atoms with van der Waals surface area (Å²) in [5.74, 6) is -0.510. The van der Waals surface area contributed by atoms with Crippen molar-refractivity contribution < 1.29 is 18.7 Å². The summed E-state index contributed by atoms with van der Waals surface area (Å²) in [6.45, 7) is 6.79. The summed E-state index contributed by atoms with van der Waals surface area (Å²) < 4.78 is 29.5. The highest BCUT2D eigenvalue weighted by Gasteiger charge is 2.23. The minimum absolute atomic E-state index is 0.0535. The molecule has 4 rings (SSSR count). The Hall–Kier alpha value is -2.97. The first kappa shape index (κ1) is 24.2. The molecule has 0 bridgehead atoms. The van der Waals surface area contributed by atoms with Crippen LogP contribution in [0.2, 0.25) is 5.02 Å². The van der Waals surface area contributed by atoms with Crippen molar-refractivity contribution in [1.29, 1.82) is 0 Å². The van der Waals surface area contributed by atoms with E-state index in [1.807, 2.05) is 34.5 Å². The largest absolute Gasteiger partial charge is 0.496 e. The summed E-state index contributed by atoms with van der Waals surface area (Å²) in [6.07, 6.45) is 4.56. The molecule has 0 atom stereocenters. The molecule has 2 aromatic carbocycles. The molecular weight excluding hydrogens is 477 g/mol. The van der Waals surface area contributed by atoms with Gasteiger partial charge in [-0.15, -0.1) is 0 Å². The number of ether oxygens (including phenoxy) is 2. The fraction of sp³-hybridized carbons (Fsp3) is 0.280. The van der Waals surface area contributed by atoms with Crippen LogP contribution >= 0.6 is 23.4 Å². The van der Waals surface area contributed by atoms with Gasteiger partial charge in [-0.2, -0.15) is 5.10 Å². The summed E-state index contributed by atoms with van der Waals surface area (Å²) in [5.41, 5.74) is 2.32. The van der Waals surface area contributed by atoms with E-state index in [2.05, 4.69) is 12.0 Å². The van der Waals surface area contributed by atoms with E-state index in [1.165, 1.54) is 18.9 Å². The van der Waals surface area contributed by atoms with Gasteiger partial charge in [0.05, 0.1) is 36.1 Å². The number of carbonyl (C=O) groups is 1. The van der Waals surface area contributed by atoms with E-state index in [9.17, 15) is 4.79 Å². The molecule has 0 N–H and O–H groups in total. The number of aryl methyl sites for hydroxylation is 1. The highest BCUT2D eigenvalue weighted by molar-refractivity contribution is 7.99. The molecule has 2 heterocycles. The predicted molar refractivity (Wildman–Crippen MR) is 132 cm³/mol. The van der Waals surface area contributed by atoms with E-state index >= 15 is 4.39 Å². The molecule has 0 aliphatic carbocycles. The number of hydrogen-bond acceptors (Lipinski definition) is 5. The van der Waals surface area contributed by atoms with Gasteiger partial charge in [0.1, 0.15) is 11.3 Å². The van der Waals surface area contributed by atoms with Crippen molar-refractivity contribution in [3.63, 3.8) is 0 Å². The maximum atomic E-state index is 15.3. The van der Waals surface area contributed by atoms with Crippen LogP contribution in [-0.2, 0) is 11.3 Å². The second-order valence-electron chi connectivity index (χ2n) is 7.65. The minimum Gasteiger partial charge on any atom is -0.496 e. The molecule has 0 saturated heterocycles. The Balaban J connectivity index is 1.86. The number of halogens is 2. The van der Waals surface area contributed by atoms with Crippen molar-refractivity contribution in [3.05, 3.63) is 64.8 Å². The molecule has 4 aromatic rings. The summed E-state index contributed by atoms with van der Waals surface area (Å²) in [5, 5.41) is 5.19. The van der Waals surface area contributed by atoms with Crippen LogP contribution in [0.5, 0.6) is 5.75 Å². The molecule has 178 valence electrons. The smallest absolute Gasteiger partial charge is 0.341 e. The first-order valence-electron chi connectivity index (χ1n) is 10.9. The minimum atomic E-state index is -0.487. The van der Waals surface area contributed by atoms with E-state index < -0.39 is 11.8 Å². The molecule has 0 amide bonds. The van der Waals surface area contributed by atoms with Gasteiger partial charge in [0.25, 0.3) is 0 Å². The third-order valence-corrected chi connectivity index (χ3v) is 6.92. The standard InChI is InChI=1S/C25H25ClFN3O3S/c1-5-11-29-14-16(13-28-29)30-15(3)24(18-8-9-20(26)22(27)23(18)30)34-17-7-10-21(32-4)19(12-17)25(31)33-6-2/h7-10,12-14H,5-6,11H2,1-4H3. The van der Waals surface area contributed by atoms with Crippen LogP contribution in [0.25, 0.3) is 16.6 Å². The van der Waals surface area contributed by atoms with Crippen LogP contribution in [-0.4, -0.2) is 34.0 Å². The van der Waals surface area contributed by atoms with Gasteiger partial charge in [-0.1, -0.05) is 30.3 Å². The monoisotopic (exact) mass is 501 g/mol. The number of benzene rings is 2. The van der Waals surface area contributed by atoms with Crippen LogP contribution < -0.4 is 4.74 Å². The lowest BCUT2D eigenvalue weighted by molar-refractivity contribution is 0.0522. The highest BCUT2D eigenvalue weighted by Crippen LogP contribution is 2.42. The fourth-order valence-electron chi connectivity index (χ4n) is 3.91. The second-order valence-corrected chi connectivity index (χ2v) is 9.14. The van der Waals surface area contributed by atoms with Gasteiger partial charge in [-0.25, -0.2) is 9.18 Å². The Kier molecular flexibility index (Phi) is 7.19. The van der Waals surface area contributed by atoms with E-state index in [1.54, 1.807) is 31.3 Å². The Labute approximate surface area is 206 Å². The van der Waals surface area contributed by atoms with E-state index in [4.69, 9.17) is 21.1 Å². The van der Waals surface area contributed by atoms with E-state index in [0.29, 0.717) is 16.8 Å². The Morgan fingerprint density at radius 2 is 2.03 bits per heavy atom. The van der Waals surface area contributed by atoms with Gasteiger partial charge >= 0.3 is 5.97 Å². The normalized spacial score (nSPS) is 11.2.